The number of likely N-dealkylation sites (tertiary alicyclic amines) is 1. The number of hydrogen-bond donors (Lipinski definition) is 7. The monoisotopic (exact) mass is 1370 g/mol. The summed E-state index contributed by atoms with van der Waals surface area (Å²) in [7, 11) is 5.10. The fourth-order valence-corrected chi connectivity index (χ4v) is 12.4. The van der Waals surface area contributed by atoms with Crippen LogP contribution in [0.4, 0.5) is 4.79 Å². The Hall–Kier alpha value is -6.29. The van der Waals surface area contributed by atoms with E-state index in [0.29, 0.717) is 89.0 Å². The molecule has 1 aliphatic rings. The highest BCUT2D eigenvalue weighted by Gasteiger charge is 2.38. The number of primary amides is 1. The summed E-state index contributed by atoms with van der Waals surface area (Å²) in [5.41, 5.74) is 12.3. The number of nitrogens with zero attached hydrogens (tertiary/aromatic N) is 3. The van der Waals surface area contributed by atoms with Crippen molar-refractivity contribution in [3.8, 4) is 0 Å². The molecule has 0 radical (unpaired) electrons. The minimum absolute atomic E-state index is 0.00239. The van der Waals surface area contributed by atoms with Crippen LogP contribution in [0.2, 0.25) is 0 Å². The van der Waals surface area contributed by atoms with E-state index < -0.39 is 71.8 Å². The van der Waals surface area contributed by atoms with Gasteiger partial charge in [0.15, 0.2) is 17.7 Å². The molecular formula is C70H115N9O16S. The Labute approximate surface area is 573 Å². The lowest BCUT2D eigenvalue weighted by Gasteiger charge is -2.37. The first-order valence-electron chi connectivity index (χ1n) is 34.7. The maximum atomic E-state index is 14.5. The number of carboxylic acid groups (broad SMARTS) is 1. The second kappa shape index (κ2) is 46.8. The van der Waals surface area contributed by atoms with Crippen molar-refractivity contribution in [3.63, 3.8) is 0 Å². The number of amides is 6. The SMILES string of the molecule is CC[C@H](C)[C@H](CC(=O)[C@H]1CCCCN1C)C(=O)N(C)[C@H](C[C@@H](OC(=O)NC)c1nc(C(=O)N[C@@H](Cc2ccc(CC(=O)[C@H](CCCCC(N)=O)NC(=O)[C@@H](CC(=O)CCOCCOCCOCCOCCNC(=O)CCCCCN)C(C)C)cc2)C[C@H](C)C(=O)O)cs1)C(C)C. The fraction of sp³-hybridized carbons (Fsp3) is 0.729. The quantitative estimate of drug-likeness (QED) is 0.0330. The maximum Gasteiger partial charge on any atom is 0.407 e. The van der Waals surface area contributed by atoms with Gasteiger partial charge in [-0.2, -0.15) is 0 Å². The number of ether oxygens (including phenoxy) is 5. The fourth-order valence-electron chi connectivity index (χ4n) is 11.6. The Morgan fingerprint density at radius 2 is 1.40 bits per heavy atom. The van der Waals surface area contributed by atoms with Gasteiger partial charge in [0.25, 0.3) is 5.91 Å². The van der Waals surface area contributed by atoms with E-state index in [1.807, 2.05) is 48.6 Å². The van der Waals surface area contributed by atoms with Crippen molar-refractivity contribution in [2.45, 2.75) is 201 Å². The smallest absolute Gasteiger partial charge is 0.407 e. The normalized spacial score (nSPS) is 15.9. The van der Waals surface area contributed by atoms with Gasteiger partial charge in [-0.05, 0) is 100 Å². The number of ketones is 3. The average Bonchev–Trinajstić information content (AvgIpc) is 1.31. The number of hydrogen-bond acceptors (Lipinski definition) is 19. The van der Waals surface area contributed by atoms with Crippen molar-refractivity contribution < 1.29 is 76.7 Å². The number of likely N-dealkylation sites (N-methyl/N-ethyl adjacent to an activating group) is 1. The van der Waals surface area contributed by atoms with Crippen LogP contribution < -0.4 is 32.7 Å². The number of unbranched alkanes of at least 4 members (excludes halogenated alkanes) is 3. The third kappa shape index (κ3) is 32.4. The molecule has 0 bridgehead atoms. The molecule has 3 rings (SSSR count). The van der Waals surface area contributed by atoms with E-state index in [2.05, 4.69) is 31.2 Å². The third-order valence-electron chi connectivity index (χ3n) is 17.8. The lowest BCUT2D eigenvalue weighted by Crippen LogP contribution is -2.48. The van der Waals surface area contributed by atoms with Crippen molar-refractivity contribution >= 4 is 70.3 Å². The van der Waals surface area contributed by atoms with Gasteiger partial charge in [-0.15, -0.1) is 11.3 Å². The number of thiazole rings is 1. The number of aromatic nitrogens is 1. The molecule has 0 aliphatic carbocycles. The maximum absolute atomic E-state index is 14.5. The summed E-state index contributed by atoms with van der Waals surface area (Å²) in [4.78, 5) is 141. The van der Waals surface area contributed by atoms with Gasteiger partial charge >= 0.3 is 12.1 Å². The van der Waals surface area contributed by atoms with Gasteiger partial charge in [0.05, 0.1) is 70.9 Å². The zero-order chi connectivity index (χ0) is 71.1. The van der Waals surface area contributed by atoms with Crippen molar-refractivity contribution in [3.05, 3.63) is 51.5 Å². The standard InChI is InChI=1S/C70H115N9O16S/c1-11-48(6)55(43-61(82)58-20-16-18-30-78(58)9)68(87)79(10)59(47(4)5)44-62(95-70(90)73-8)67-77-57(45-96-67)66(86)75-52(39-49(7)69(88)89)40-50-23-25-51(26-24-50)41-60(81)56(19-14-15-21-63(72)83)76-65(85)54(46(2)3)42-53(80)27-31-91-33-35-93-37-38-94-36-34-92-32-29-74-64(84)22-13-12-17-28-71/h23-26,45-49,52,54-56,58-59,62H,11-22,27-44,71H2,1-10H3,(H2,72,83)(H,73,90)(H,74,84)(H,75,86)(H,76,85)(H,88,89)/t48-,49-,52+,54-,55-,56-,58+,59+,62+/m0/s1. The highest BCUT2D eigenvalue weighted by atomic mass is 32.1. The molecule has 1 saturated heterocycles. The number of Topliss-reactive ketones (excluding diaryl/α,β-unsaturated/α-hetero) is 3. The predicted molar refractivity (Wildman–Crippen MR) is 367 cm³/mol. The van der Waals surface area contributed by atoms with Crippen LogP contribution in [-0.2, 0) is 74.9 Å². The third-order valence-corrected chi connectivity index (χ3v) is 18.8. The van der Waals surface area contributed by atoms with Gasteiger partial charge in [0.1, 0.15) is 16.5 Å². The van der Waals surface area contributed by atoms with Crippen molar-refractivity contribution in [1.29, 1.82) is 0 Å². The summed E-state index contributed by atoms with van der Waals surface area (Å²) in [6.45, 7) is 17.6. The van der Waals surface area contributed by atoms with E-state index in [1.54, 1.807) is 43.1 Å². The van der Waals surface area contributed by atoms with Crippen LogP contribution >= 0.6 is 11.3 Å². The number of carbonyl (C=O) groups is 10. The van der Waals surface area contributed by atoms with Crippen molar-refractivity contribution in [2.75, 3.05) is 93.6 Å². The molecule has 26 heteroatoms. The number of nitrogens with one attached hydrogen (secondary N) is 4. The molecule has 2 heterocycles. The van der Waals surface area contributed by atoms with Gasteiger partial charge in [-0.25, -0.2) is 9.78 Å². The predicted octanol–water partition coefficient (Wildman–Crippen LogP) is 6.94. The Morgan fingerprint density at radius 1 is 0.760 bits per heavy atom. The Balaban J connectivity index is 1.63. The molecule has 96 heavy (non-hydrogen) atoms. The number of piperidine rings is 1. The molecule has 1 aromatic heterocycles. The molecular weight excluding hydrogens is 1250 g/mol. The first kappa shape index (κ1) is 83.9. The molecule has 0 spiro atoms. The number of nitrogens with two attached hydrogens (primary N) is 2. The lowest BCUT2D eigenvalue weighted by atomic mass is 9.83. The summed E-state index contributed by atoms with van der Waals surface area (Å²) < 4.78 is 28.1. The molecule has 1 aromatic carbocycles. The Morgan fingerprint density at radius 3 is 1.99 bits per heavy atom. The summed E-state index contributed by atoms with van der Waals surface area (Å²) in [6.07, 6.45) is 6.52. The second-order valence-electron chi connectivity index (χ2n) is 26.2. The van der Waals surface area contributed by atoms with Crippen molar-refractivity contribution in [1.82, 2.24) is 36.1 Å². The lowest BCUT2D eigenvalue weighted by molar-refractivity contribution is -0.143. The Kier molecular flexibility index (Phi) is 41.0. The molecule has 1 aliphatic heterocycles. The minimum Gasteiger partial charge on any atom is -0.481 e. The van der Waals surface area contributed by atoms with E-state index in [-0.39, 0.29) is 130 Å². The van der Waals surface area contributed by atoms with E-state index in [4.69, 9.17) is 35.2 Å². The average molecular weight is 1370 g/mol. The highest BCUT2D eigenvalue weighted by molar-refractivity contribution is 7.09. The number of alkyl carbamates (subject to hydrolysis) is 1. The number of aliphatic carboxylic acids is 1. The topological polar surface area (TPSA) is 357 Å². The summed E-state index contributed by atoms with van der Waals surface area (Å²) in [5.74, 6) is -5.72. The van der Waals surface area contributed by atoms with Crippen LogP contribution in [0, 0.1) is 35.5 Å². The summed E-state index contributed by atoms with van der Waals surface area (Å²) in [5, 5.41) is 23.0. The number of carboxylic acids is 1. The molecule has 25 nitrogen and oxygen atoms in total. The summed E-state index contributed by atoms with van der Waals surface area (Å²) >= 11 is 1.11. The number of rotatable bonds is 52. The number of carbonyl (C=O) groups excluding carboxylic acids is 9. The first-order valence-corrected chi connectivity index (χ1v) is 35.5. The largest absolute Gasteiger partial charge is 0.481 e. The van der Waals surface area contributed by atoms with Gasteiger partial charge < -0.3 is 66.4 Å². The zero-order valence-corrected chi connectivity index (χ0v) is 59.7. The van der Waals surface area contributed by atoms with E-state index in [0.717, 1.165) is 62.0 Å². The molecule has 542 valence electrons. The molecule has 0 saturated carbocycles. The summed E-state index contributed by atoms with van der Waals surface area (Å²) in [6, 6.07) is 4.76. The minimum atomic E-state index is -1.05. The van der Waals surface area contributed by atoms with Gasteiger partial charge in [0.2, 0.25) is 23.6 Å². The molecule has 9 atom stereocenters. The van der Waals surface area contributed by atoms with E-state index in [9.17, 15) is 53.1 Å². The van der Waals surface area contributed by atoms with Crippen LogP contribution in [-0.4, -0.2) is 197 Å². The Bertz CT molecular complexity index is 2700. The highest BCUT2D eigenvalue weighted by Crippen LogP contribution is 2.33. The van der Waals surface area contributed by atoms with Crippen molar-refractivity contribution in [2.24, 2.45) is 47.0 Å². The van der Waals surface area contributed by atoms with E-state index >= 15 is 0 Å². The molecule has 1 fully saturated rings. The van der Waals surface area contributed by atoms with Crippen LogP contribution in [0.15, 0.2) is 29.6 Å². The van der Waals surface area contributed by atoms with Gasteiger partial charge in [-0.3, -0.25) is 48.1 Å². The molecule has 9 N–H and O–H groups in total. The van der Waals surface area contributed by atoms with Crippen LogP contribution in [0.3, 0.4) is 0 Å². The van der Waals surface area contributed by atoms with E-state index in [1.165, 1.54) is 12.4 Å². The van der Waals surface area contributed by atoms with Crippen LogP contribution in [0.1, 0.15) is 190 Å². The van der Waals surface area contributed by atoms with Crippen LogP contribution in [0.5, 0.6) is 0 Å². The molecule has 2 aromatic rings. The first-order chi connectivity index (χ1) is 45.8. The second-order valence-corrected chi connectivity index (χ2v) is 27.1. The number of benzene rings is 1. The molecule has 6 amide bonds. The van der Waals surface area contributed by atoms with Gasteiger partial charge in [-0.1, -0.05) is 98.4 Å². The molecule has 0 unspecified atom stereocenters. The van der Waals surface area contributed by atoms with Crippen LogP contribution in [0.25, 0.3) is 0 Å². The zero-order valence-electron chi connectivity index (χ0n) is 58.9. The van der Waals surface area contributed by atoms with Gasteiger partial charge in [0, 0.05) is 94.9 Å².